The van der Waals surface area contributed by atoms with Crippen LogP contribution in [0.2, 0.25) is 0 Å². The molecule has 0 bridgehead atoms. The van der Waals surface area contributed by atoms with E-state index in [0.717, 1.165) is 17.0 Å². The summed E-state index contributed by atoms with van der Waals surface area (Å²) < 4.78 is 0. The van der Waals surface area contributed by atoms with E-state index in [-0.39, 0.29) is 0 Å². The maximum absolute atomic E-state index is 4.32. The molecule has 0 spiro atoms. The standard InChI is InChI=1S/C12H13N3/c1-9(2)12-14-7-11(8-15-12)10-3-5-13-6-4-10/h3-9H,1-2H3. The van der Waals surface area contributed by atoms with Crippen LogP contribution in [-0.4, -0.2) is 15.0 Å². The van der Waals surface area contributed by atoms with Gasteiger partial charge in [-0.1, -0.05) is 13.8 Å². The highest BCUT2D eigenvalue weighted by Gasteiger charge is 2.03. The minimum absolute atomic E-state index is 0.372. The van der Waals surface area contributed by atoms with E-state index >= 15 is 0 Å². The Labute approximate surface area is 89.2 Å². The van der Waals surface area contributed by atoms with Gasteiger partial charge in [0, 0.05) is 36.3 Å². The predicted molar refractivity (Wildman–Crippen MR) is 59.4 cm³/mol. The van der Waals surface area contributed by atoms with E-state index < -0.39 is 0 Å². The van der Waals surface area contributed by atoms with Crippen molar-refractivity contribution in [1.82, 2.24) is 15.0 Å². The van der Waals surface area contributed by atoms with E-state index in [9.17, 15) is 0 Å². The Morgan fingerprint density at radius 1 is 0.933 bits per heavy atom. The average molecular weight is 199 g/mol. The molecular formula is C12H13N3. The molecule has 0 radical (unpaired) electrons. The molecule has 0 amide bonds. The molecule has 76 valence electrons. The maximum Gasteiger partial charge on any atom is 0.130 e. The van der Waals surface area contributed by atoms with Crippen molar-refractivity contribution in [2.24, 2.45) is 0 Å². The van der Waals surface area contributed by atoms with Crippen molar-refractivity contribution in [2.45, 2.75) is 19.8 Å². The molecule has 2 aromatic rings. The highest BCUT2D eigenvalue weighted by atomic mass is 14.9. The number of hydrogen-bond acceptors (Lipinski definition) is 3. The summed E-state index contributed by atoms with van der Waals surface area (Å²) in [5.41, 5.74) is 2.13. The first-order valence-corrected chi connectivity index (χ1v) is 4.99. The monoisotopic (exact) mass is 199 g/mol. The van der Waals surface area contributed by atoms with Gasteiger partial charge in [0.1, 0.15) is 5.82 Å². The summed E-state index contributed by atoms with van der Waals surface area (Å²) >= 11 is 0. The smallest absolute Gasteiger partial charge is 0.130 e. The van der Waals surface area contributed by atoms with Gasteiger partial charge >= 0.3 is 0 Å². The van der Waals surface area contributed by atoms with Crippen molar-refractivity contribution in [1.29, 1.82) is 0 Å². The summed E-state index contributed by atoms with van der Waals surface area (Å²) in [6.45, 7) is 4.17. The zero-order chi connectivity index (χ0) is 10.7. The molecule has 2 aromatic heterocycles. The van der Waals surface area contributed by atoms with E-state index in [0.29, 0.717) is 5.92 Å². The van der Waals surface area contributed by atoms with Gasteiger partial charge in [-0.15, -0.1) is 0 Å². The summed E-state index contributed by atoms with van der Waals surface area (Å²) in [5.74, 6) is 1.25. The molecule has 3 heteroatoms. The van der Waals surface area contributed by atoms with Crippen LogP contribution in [0.5, 0.6) is 0 Å². The molecule has 0 saturated carbocycles. The highest BCUT2D eigenvalue weighted by Crippen LogP contribution is 2.17. The number of hydrogen-bond donors (Lipinski definition) is 0. The van der Waals surface area contributed by atoms with Crippen LogP contribution in [0.15, 0.2) is 36.9 Å². The second-order valence-corrected chi connectivity index (χ2v) is 3.72. The molecule has 2 rings (SSSR count). The summed E-state index contributed by atoms with van der Waals surface area (Å²) in [6, 6.07) is 3.90. The fourth-order valence-corrected chi connectivity index (χ4v) is 1.33. The lowest BCUT2D eigenvalue weighted by atomic mass is 10.1. The van der Waals surface area contributed by atoms with E-state index in [1.165, 1.54) is 0 Å². The SMILES string of the molecule is CC(C)c1ncc(-c2ccncc2)cn1. The Bertz CT molecular complexity index is 420. The number of rotatable bonds is 2. The van der Waals surface area contributed by atoms with Crippen LogP contribution >= 0.6 is 0 Å². The van der Waals surface area contributed by atoms with Crippen LogP contribution in [0.1, 0.15) is 25.6 Å². The average Bonchev–Trinajstić information content (AvgIpc) is 2.30. The molecule has 2 heterocycles. The zero-order valence-corrected chi connectivity index (χ0v) is 8.88. The third-order valence-corrected chi connectivity index (χ3v) is 2.20. The van der Waals surface area contributed by atoms with E-state index in [2.05, 4.69) is 28.8 Å². The normalized spacial score (nSPS) is 10.6. The largest absolute Gasteiger partial charge is 0.265 e. The molecule has 0 atom stereocenters. The van der Waals surface area contributed by atoms with Gasteiger partial charge in [0.05, 0.1) is 0 Å². The van der Waals surface area contributed by atoms with Crippen LogP contribution in [0.4, 0.5) is 0 Å². The Morgan fingerprint density at radius 3 is 2.07 bits per heavy atom. The van der Waals surface area contributed by atoms with Gasteiger partial charge < -0.3 is 0 Å². The van der Waals surface area contributed by atoms with Gasteiger partial charge in [0.25, 0.3) is 0 Å². The zero-order valence-electron chi connectivity index (χ0n) is 8.88. The van der Waals surface area contributed by atoms with Crippen molar-refractivity contribution >= 4 is 0 Å². The number of nitrogens with zero attached hydrogens (tertiary/aromatic N) is 3. The lowest BCUT2D eigenvalue weighted by Gasteiger charge is -2.04. The molecule has 0 saturated heterocycles. The second-order valence-electron chi connectivity index (χ2n) is 3.72. The molecule has 15 heavy (non-hydrogen) atoms. The maximum atomic E-state index is 4.32. The van der Waals surface area contributed by atoms with Crippen LogP contribution in [0.25, 0.3) is 11.1 Å². The lowest BCUT2D eigenvalue weighted by Crippen LogP contribution is -1.96. The second kappa shape index (κ2) is 4.17. The number of aromatic nitrogens is 3. The highest BCUT2D eigenvalue weighted by molar-refractivity contribution is 5.60. The lowest BCUT2D eigenvalue weighted by molar-refractivity contribution is 0.775. The van der Waals surface area contributed by atoms with E-state index in [4.69, 9.17) is 0 Å². The fraction of sp³-hybridized carbons (Fsp3) is 0.250. The Balaban J connectivity index is 2.32. The van der Waals surface area contributed by atoms with Crippen molar-refractivity contribution in [3.63, 3.8) is 0 Å². The summed E-state index contributed by atoms with van der Waals surface area (Å²) in [7, 11) is 0. The molecule has 0 aliphatic carbocycles. The Hall–Kier alpha value is -1.77. The van der Waals surface area contributed by atoms with Crippen LogP contribution in [0, 0.1) is 0 Å². The first kappa shape index (κ1) is 9.77. The summed E-state index contributed by atoms with van der Waals surface area (Å²) in [5, 5.41) is 0. The minimum Gasteiger partial charge on any atom is -0.265 e. The number of pyridine rings is 1. The first-order chi connectivity index (χ1) is 7.27. The van der Waals surface area contributed by atoms with Gasteiger partial charge in [-0.25, -0.2) is 9.97 Å². The van der Waals surface area contributed by atoms with Crippen LogP contribution in [-0.2, 0) is 0 Å². The van der Waals surface area contributed by atoms with Gasteiger partial charge in [0.15, 0.2) is 0 Å². The molecular weight excluding hydrogens is 186 g/mol. The molecule has 0 fully saturated rings. The Morgan fingerprint density at radius 2 is 1.53 bits per heavy atom. The molecule has 3 nitrogen and oxygen atoms in total. The van der Waals surface area contributed by atoms with Crippen LogP contribution in [0.3, 0.4) is 0 Å². The van der Waals surface area contributed by atoms with E-state index in [1.807, 2.05) is 24.5 Å². The van der Waals surface area contributed by atoms with E-state index in [1.54, 1.807) is 12.4 Å². The third-order valence-electron chi connectivity index (χ3n) is 2.20. The molecule has 0 unspecified atom stereocenters. The topological polar surface area (TPSA) is 38.7 Å². The van der Waals surface area contributed by atoms with Gasteiger partial charge in [-0.05, 0) is 17.7 Å². The summed E-state index contributed by atoms with van der Waals surface area (Å²) in [6.07, 6.45) is 7.26. The predicted octanol–water partition coefficient (Wildman–Crippen LogP) is 2.66. The Kier molecular flexibility index (Phi) is 2.72. The fourth-order valence-electron chi connectivity index (χ4n) is 1.33. The van der Waals surface area contributed by atoms with Crippen molar-refractivity contribution < 1.29 is 0 Å². The van der Waals surface area contributed by atoms with Crippen LogP contribution < -0.4 is 0 Å². The van der Waals surface area contributed by atoms with Gasteiger partial charge in [0.2, 0.25) is 0 Å². The molecule has 0 N–H and O–H groups in total. The van der Waals surface area contributed by atoms with Gasteiger partial charge in [-0.3, -0.25) is 4.98 Å². The van der Waals surface area contributed by atoms with Crippen molar-refractivity contribution in [3.8, 4) is 11.1 Å². The third kappa shape index (κ3) is 2.18. The van der Waals surface area contributed by atoms with Crippen molar-refractivity contribution in [3.05, 3.63) is 42.7 Å². The van der Waals surface area contributed by atoms with Gasteiger partial charge in [-0.2, -0.15) is 0 Å². The van der Waals surface area contributed by atoms with Crippen molar-refractivity contribution in [2.75, 3.05) is 0 Å². The quantitative estimate of drug-likeness (QED) is 0.746. The molecule has 0 aromatic carbocycles. The molecule has 0 aliphatic heterocycles. The minimum atomic E-state index is 0.372. The molecule has 0 aliphatic rings. The first-order valence-electron chi connectivity index (χ1n) is 4.99. The summed E-state index contributed by atoms with van der Waals surface area (Å²) in [4.78, 5) is 12.6.